The second kappa shape index (κ2) is 3.76. The van der Waals surface area contributed by atoms with Gasteiger partial charge in [-0.1, -0.05) is 12.8 Å². The maximum Gasteiger partial charge on any atom is 0.223 e. The van der Waals surface area contributed by atoms with E-state index in [9.17, 15) is 9.90 Å². The Morgan fingerprint density at radius 1 is 1.20 bits per heavy atom. The molecule has 2 fully saturated rings. The molecule has 0 spiro atoms. The van der Waals surface area contributed by atoms with Gasteiger partial charge in [-0.05, 0) is 25.7 Å². The molecule has 2 rings (SSSR count). The van der Waals surface area contributed by atoms with Gasteiger partial charge in [-0.25, -0.2) is 0 Å². The van der Waals surface area contributed by atoms with E-state index in [1.165, 1.54) is 0 Å². The molecule has 0 unspecified atom stereocenters. The van der Waals surface area contributed by atoms with Gasteiger partial charge in [-0.3, -0.25) is 4.79 Å². The van der Waals surface area contributed by atoms with Gasteiger partial charge in [0.25, 0.3) is 0 Å². The maximum atomic E-state index is 11.6. The number of rotatable bonds is 4. The van der Waals surface area contributed by atoms with E-state index in [1.807, 2.05) is 0 Å². The van der Waals surface area contributed by atoms with Crippen molar-refractivity contribution in [1.29, 1.82) is 0 Å². The van der Waals surface area contributed by atoms with E-state index >= 15 is 0 Å². The Balaban J connectivity index is 1.82. The van der Waals surface area contributed by atoms with Crippen molar-refractivity contribution < 1.29 is 15.0 Å². The summed E-state index contributed by atoms with van der Waals surface area (Å²) in [5, 5.41) is 21.9. The molecule has 4 heteroatoms. The van der Waals surface area contributed by atoms with Crippen LogP contribution in [0.1, 0.15) is 44.9 Å². The molecular weight excluding hydrogens is 194 g/mol. The molecule has 0 aromatic rings. The van der Waals surface area contributed by atoms with Gasteiger partial charge in [0.05, 0.1) is 24.2 Å². The van der Waals surface area contributed by atoms with Gasteiger partial charge in [0.1, 0.15) is 0 Å². The highest BCUT2D eigenvalue weighted by atomic mass is 16.3. The molecule has 1 amide bonds. The van der Waals surface area contributed by atoms with Crippen LogP contribution < -0.4 is 5.32 Å². The number of carbonyl (C=O) groups is 1. The number of aliphatic hydroxyl groups is 2. The lowest BCUT2D eigenvalue weighted by atomic mass is 9.97. The lowest BCUT2D eigenvalue weighted by Gasteiger charge is -2.23. The molecular formula is C11H19NO3. The molecule has 86 valence electrons. The second-order valence-electron chi connectivity index (χ2n) is 5.09. The number of hydrogen-bond acceptors (Lipinski definition) is 3. The van der Waals surface area contributed by atoms with E-state index in [-0.39, 0.29) is 24.5 Å². The Labute approximate surface area is 89.7 Å². The zero-order valence-corrected chi connectivity index (χ0v) is 8.96. The molecule has 2 aliphatic rings. The summed E-state index contributed by atoms with van der Waals surface area (Å²) in [5.74, 6) is -0.119. The minimum Gasteiger partial charge on any atom is -0.394 e. The first-order valence-corrected chi connectivity index (χ1v) is 5.72. The smallest absolute Gasteiger partial charge is 0.223 e. The number of carbonyl (C=O) groups excluding carboxylic acids is 1. The highest BCUT2D eigenvalue weighted by molar-refractivity contribution is 5.78. The van der Waals surface area contributed by atoms with E-state index in [4.69, 9.17) is 5.11 Å². The number of nitrogens with one attached hydrogen (secondary N) is 1. The molecule has 3 N–H and O–H groups in total. The average Bonchev–Trinajstić information content (AvgIpc) is 2.82. The first kappa shape index (κ1) is 10.9. The molecule has 4 nitrogen and oxygen atoms in total. The fourth-order valence-corrected chi connectivity index (χ4v) is 2.32. The molecule has 0 aliphatic heterocycles. The third-order valence-corrected chi connectivity index (χ3v) is 3.58. The van der Waals surface area contributed by atoms with E-state index in [1.54, 1.807) is 0 Å². The van der Waals surface area contributed by atoms with Crippen LogP contribution in [0.3, 0.4) is 0 Å². The number of aliphatic hydroxyl groups excluding tert-OH is 1. The zero-order chi connectivity index (χ0) is 10.9. The zero-order valence-electron chi connectivity index (χ0n) is 8.96. The van der Waals surface area contributed by atoms with Crippen molar-refractivity contribution in [2.24, 2.45) is 0 Å². The fourth-order valence-electron chi connectivity index (χ4n) is 2.32. The SMILES string of the molecule is O=C(CC1(O)CCCC1)NC1(CO)CC1. The molecule has 15 heavy (non-hydrogen) atoms. The first-order chi connectivity index (χ1) is 7.08. The third-order valence-electron chi connectivity index (χ3n) is 3.58. The Bertz CT molecular complexity index is 255. The molecule has 0 bridgehead atoms. The largest absolute Gasteiger partial charge is 0.394 e. The van der Waals surface area contributed by atoms with Crippen molar-refractivity contribution in [3.05, 3.63) is 0 Å². The highest BCUT2D eigenvalue weighted by Crippen LogP contribution is 2.36. The Kier molecular flexibility index (Phi) is 2.73. The predicted octanol–water partition coefficient (Wildman–Crippen LogP) is 0.323. The molecule has 0 saturated heterocycles. The molecule has 0 radical (unpaired) electrons. The highest BCUT2D eigenvalue weighted by Gasteiger charge is 2.44. The topological polar surface area (TPSA) is 69.6 Å². The van der Waals surface area contributed by atoms with Gasteiger partial charge < -0.3 is 15.5 Å². The first-order valence-electron chi connectivity index (χ1n) is 5.72. The van der Waals surface area contributed by atoms with Gasteiger partial charge >= 0.3 is 0 Å². The molecule has 2 saturated carbocycles. The van der Waals surface area contributed by atoms with E-state index in [0.29, 0.717) is 0 Å². The normalized spacial score (nSPS) is 26.3. The van der Waals surface area contributed by atoms with Crippen molar-refractivity contribution >= 4 is 5.91 Å². The summed E-state index contributed by atoms with van der Waals surface area (Å²) in [7, 11) is 0. The van der Waals surface area contributed by atoms with Crippen LogP contribution in [0.15, 0.2) is 0 Å². The molecule has 0 aromatic carbocycles. The van der Waals surface area contributed by atoms with Crippen LogP contribution in [-0.2, 0) is 4.79 Å². The van der Waals surface area contributed by atoms with Crippen LogP contribution in [0.5, 0.6) is 0 Å². The quantitative estimate of drug-likeness (QED) is 0.630. The maximum absolute atomic E-state index is 11.6. The Morgan fingerprint density at radius 3 is 2.27 bits per heavy atom. The summed E-state index contributed by atoms with van der Waals surface area (Å²) in [5.41, 5.74) is -1.14. The second-order valence-corrected chi connectivity index (χ2v) is 5.09. The van der Waals surface area contributed by atoms with Crippen LogP contribution in [0.2, 0.25) is 0 Å². The summed E-state index contributed by atoms with van der Waals surface area (Å²) in [6.45, 7) is 0.0111. The summed E-state index contributed by atoms with van der Waals surface area (Å²) < 4.78 is 0. The summed E-state index contributed by atoms with van der Waals surface area (Å²) in [6, 6.07) is 0. The molecule has 0 heterocycles. The molecule has 2 aliphatic carbocycles. The standard InChI is InChI=1S/C11H19NO3/c13-8-10(5-6-10)12-9(14)7-11(15)3-1-2-4-11/h13,15H,1-8H2,(H,12,14). The van der Waals surface area contributed by atoms with E-state index in [0.717, 1.165) is 38.5 Å². The van der Waals surface area contributed by atoms with Crippen LogP contribution in [-0.4, -0.2) is 33.9 Å². The van der Waals surface area contributed by atoms with Gasteiger partial charge in [0.2, 0.25) is 5.91 Å². The summed E-state index contributed by atoms with van der Waals surface area (Å²) in [4.78, 5) is 11.6. The van der Waals surface area contributed by atoms with Crippen LogP contribution in [0.4, 0.5) is 0 Å². The van der Waals surface area contributed by atoms with Crippen LogP contribution >= 0.6 is 0 Å². The van der Waals surface area contributed by atoms with Crippen molar-refractivity contribution in [2.75, 3.05) is 6.61 Å². The Morgan fingerprint density at radius 2 is 1.80 bits per heavy atom. The van der Waals surface area contributed by atoms with Crippen molar-refractivity contribution in [3.63, 3.8) is 0 Å². The van der Waals surface area contributed by atoms with Crippen molar-refractivity contribution in [1.82, 2.24) is 5.32 Å². The van der Waals surface area contributed by atoms with Gasteiger partial charge in [0, 0.05) is 0 Å². The van der Waals surface area contributed by atoms with Crippen LogP contribution in [0, 0.1) is 0 Å². The number of amides is 1. The summed E-state index contributed by atoms with van der Waals surface area (Å²) >= 11 is 0. The minimum atomic E-state index is -0.782. The van der Waals surface area contributed by atoms with Gasteiger partial charge in [-0.2, -0.15) is 0 Å². The van der Waals surface area contributed by atoms with Crippen molar-refractivity contribution in [3.8, 4) is 0 Å². The minimum absolute atomic E-state index is 0.0111. The summed E-state index contributed by atoms with van der Waals surface area (Å²) in [6.07, 6.45) is 5.37. The lowest BCUT2D eigenvalue weighted by Crippen LogP contribution is -2.43. The average molecular weight is 213 g/mol. The molecule has 0 aromatic heterocycles. The monoisotopic (exact) mass is 213 g/mol. The van der Waals surface area contributed by atoms with Gasteiger partial charge in [0.15, 0.2) is 0 Å². The predicted molar refractivity (Wildman–Crippen MR) is 55.2 cm³/mol. The van der Waals surface area contributed by atoms with Crippen LogP contribution in [0.25, 0.3) is 0 Å². The Hall–Kier alpha value is -0.610. The lowest BCUT2D eigenvalue weighted by molar-refractivity contribution is -0.127. The van der Waals surface area contributed by atoms with E-state index in [2.05, 4.69) is 5.32 Å². The van der Waals surface area contributed by atoms with Gasteiger partial charge in [-0.15, -0.1) is 0 Å². The van der Waals surface area contributed by atoms with E-state index < -0.39 is 5.60 Å². The van der Waals surface area contributed by atoms with Crippen molar-refractivity contribution in [2.45, 2.75) is 56.1 Å². The number of hydrogen-bond donors (Lipinski definition) is 3. The third kappa shape index (κ3) is 2.49. The fraction of sp³-hybridized carbons (Fsp3) is 0.909. The molecule has 0 atom stereocenters.